The third-order valence-corrected chi connectivity index (χ3v) is 2.00. The Morgan fingerprint density at radius 1 is 1.50 bits per heavy atom. The number of nitrogens with zero attached hydrogens (tertiary/aromatic N) is 2. The Labute approximate surface area is 66.6 Å². The number of hydrogen-bond donors (Lipinski definition) is 0. The molecule has 0 fully saturated rings. The van der Waals surface area contributed by atoms with E-state index in [2.05, 4.69) is 9.97 Å². The summed E-state index contributed by atoms with van der Waals surface area (Å²) in [5, 5.41) is 0.175. The first-order valence-electron chi connectivity index (χ1n) is 2.51. The zero-order chi connectivity index (χ0) is 7.56. The van der Waals surface area contributed by atoms with Crippen molar-refractivity contribution in [2.45, 2.75) is 4.90 Å². The first-order chi connectivity index (χ1) is 4.70. The molecule has 1 aromatic rings. The van der Waals surface area contributed by atoms with E-state index in [1.54, 1.807) is 6.26 Å². The Morgan fingerprint density at radius 2 is 2.00 bits per heavy atom. The van der Waals surface area contributed by atoms with Crippen molar-refractivity contribution in [2.24, 2.45) is 0 Å². The quantitative estimate of drug-likeness (QED) is 0.471. The van der Waals surface area contributed by atoms with Crippen LogP contribution >= 0.6 is 11.6 Å². The minimum atomic E-state index is -1.02. The fourth-order valence-corrected chi connectivity index (χ4v) is 0.949. The maximum atomic E-state index is 10.7. The van der Waals surface area contributed by atoms with Crippen molar-refractivity contribution < 1.29 is 4.55 Å². The molecule has 1 atom stereocenters. The molecule has 0 aliphatic carbocycles. The van der Waals surface area contributed by atoms with Crippen LogP contribution in [0, 0.1) is 0 Å². The highest BCUT2D eigenvalue weighted by molar-refractivity contribution is 7.90. The van der Waals surface area contributed by atoms with Gasteiger partial charge in [-0.2, -0.15) is 0 Å². The van der Waals surface area contributed by atoms with Gasteiger partial charge in [-0.05, 0) is 22.8 Å². The third-order valence-electron chi connectivity index (χ3n) is 0.929. The maximum absolute atomic E-state index is 10.7. The fourth-order valence-electron chi connectivity index (χ4n) is 0.449. The summed E-state index contributed by atoms with van der Waals surface area (Å²) in [4.78, 5) is 7.91. The Kier molecular flexibility index (Phi) is 2.48. The average Bonchev–Trinajstić information content (AvgIpc) is 1.88. The molecule has 0 N–H and O–H groups in total. The molecule has 0 amide bonds. The molecule has 0 aliphatic rings. The predicted molar refractivity (Wildman–Crippen MR) is 39.4 cm³/mol. The summed E-state index contributed by atoms with van der Waals surface area (Å²) >= 11 is 4.37. The van der Waals surface area contributed by atoms with Crippen molar-refractivity contribution in [1.29, 1.82) is 0 Å². The SMILES string of the molecule is C[S+]([O-])c1cnc(Cl)nc1. The van der Waals surface area contributed by atoms with E-state index in [1.165, 1.54) is 12.4 Å². The zero-order valence-electron chi connectivity index (χ0n) is 5.24. The number of aromatic nitrogens is 2. The molecule has 0 aliphatic heterocycles. The Hall–Kier alpha value is -0.320. The molecular weight excluding hydrogens is 172 g/mol. The van der Waals surface area contributed by atoms with E-state index in [0.717, 1.165) is 0 Å². The van der Waals surface area contributed by atoms with E-state index in [0.29, 0.717) is 4.90 Å². The lowest BCUT2D eigenvalue weighted by Gasteiger charge is -2.00. The molecule has 10 heavy (non-hydrogen) atoms. The molecule has 1 unspecified atom stereocenters. The summed E-state index contributed by atoms with van der Waals surface area (Å²) in [5.41, 5.74) is 0. The predicted octanol–water partition coefficient (Wildman–Crippen LogP) is 0.867. The van der Waals surface area contributed by atoms with Gasteiger partial charge in [0.2, 0.25) is 5.28 Å². The van der Waals surface area contributed by atoms with Gasteiger partial charge in [-0.25, -0.2) is 9.97 Å². The molecule has 0 aromatic carbocycles. The van der Waals surface area contributed by atoms with Crippen molar-refractivity contribution in [1.82, 2.24) is 9.97 Å². The Bertz CT molecular complexity index is 213. The smallest absolute Gasteiger partial charge is 0.222 e. The molecule has 5 heteroatoms. The molecule has 0 saturated carbocycles. The molecule has 0 saturated heterocycles. The van der Waals surface area contributed by atoms with Gasteiger partial charge in [0.05, 0.1) is 12.4 Å². The van der Waals surface area contributed by atoms with Crippen molar-refractivity contribution in [2.75, 3.05) is 6.26 Å². The van der Waals surface area contributed by atoms with Crippen LogP contribution in [0.1, 0.15) is 0 Å². The zero-order valence-corrected chi connectivity index (χ0v) is 6.82. The summed E-state index contributed by atoms with van der Waals surface area (Å²) in [6, 6.07) is 0. The molecule has 0 bridgehead atoms. The van der Waals surface area contributed by atoms with Gasteiger partial charge in [-0.3, -0.25) is 0 Å². The summed E-state index contributed by atoms with van der Waals surface area (Å²) in [5.74, 6) is 0. The van der Waals surface area contributed by atoms with Gasteiger partial charge < -0.3 is 4.55 Å². The number of hydrogen-bond acceptors (Lipinski definition) is 3. The topological polar surface area (TPSA) is 48.8 Å². The summed E-state index contributed by atoms with van der Waals surface area (Å²) < 4.78 is 10.7. The average molecular weight is 177 g/mol. The van der Waals surface area contributed by atoms with Crippen LogP contribution in [-0.2, 0) is 11.2 Å². The van der Waals surface area contributed by atoms with Crippen LogP contribution in [0.15, 0.2) is 17.3 Å². The van der Waals surface area contributed by atoms with Gasteiger partial charge >= 0.3 is 0 Å². The van der Waals surface area contributed by atoms with Crippen LogP contribution in [0.5, 0.6) is 0 Å². The number of rotatable bonds is 1. The second-order valence-electron chi connectivity index (χ2n) is 1.64. The van der Waals surface area contributed by atoms with Gasteiger partial charge in [0.25, 0.3) is 0 Å². The summed E-state index contributed by atoms with van der Waals surface area (Å²) in [6.07, 6.45) is 4.46. The first-order valence-corrected chi connectivity index (χ1v) is 4.45. The lowest BCUT2D eigenvalue weighted by Crippen LogP contribution is -1.98. The molecule has 1 aromatic heterocycles. The minimum Gasteiger partial charge on any atom is -0.612 e. The van der Waals surface area contributed by atoms with Crippen LogP contribution in [-0.4, -0.2) is 20.8 Å². The Balaban J connectivity index is 2.89. The molecule has 1 heterocycles. The standard InChI is InChI=1S/C5H5ClN2OS/c1-10(9)4-2-7-5(6)8-3-4/h2-3H,1H3. The molecule has 0 radical (unpaired) electrons. The van der Waals surface area contributed by atoms with Gasteiger partial charge in [0.15, 0.2) is 4.90 Å². The second-order valence-corrected chi connectivity index (χ2v) is 3.36. The highest BCUT2D eigenvalue weighted by Gasteiger charge is 2.03. The normalized spacial score (nSPS) is 13.1. The molecule has 3 nitrogen and oxygen atoms in total. The van der Waals surface area contributed by atoms with Gasteiger partial charge in [-0.15, -0.1) is 0 Å². The van der Waals surface area contributed by atoms with Gasteiger partial charge in [0.1, 0.15) is 6.26 Å². The van der Waals surface area contributed by atoms with Crippen LogP contribution in [0.25, 0.3) is 0 Å². The highest BCUT2D eigenvalue weighted by Crippen LogP contribution is 2.06. The molecular formula is C5H5ClN2OS. The molecule has 0 spiro atoms. The minimum absolute atomic E-state index is 0.175. The van der Waals surface area contributed by atoms with E-state index in [9.17, 15) is 4.55 Å². The van der Waals surface area contributed by atoms with Gasteiger partial charge in [-0.1, -0.05) is 0 Å². The van der Waals surface area contributed by atoms with Crippen molar-refractivity contribution >= 4 is 22.8 Å². The Morgan fingerprint density at radius 3 is 2.40 bits per heavy atom. The largest absolute Gasteiger partial charge is 0.612 e. The van der Waals surface area contributed by atoms with Crippen LogP contribution in [0.2, 0.25) is 5.28 Å². The highest BCUT2D eigenvalue weighted by atomic mass is 35.5. The van der Waals surface area contributed by atoms with Gasteiger partial charge in [0, 0.05) is 0 Å². The van der Waals surface area contributed by atoms with Crippen LogP contribution < -0.4 is 0 Å². The van der Waals surface area contributed by atoms with Crippen LogP contribution in [0.3, 0.4) is 0 Å². The maximum Gasteiger partial charge on any atom is 0.222 e. The lowest BCUT2D eigenvalue weighted by molar-refractivity contribution is 0.600. The van der Waals surface area contributed by atoms with E-state index in [1.807, 2.05) is 0 Å². The summed E-state index contributed by atoms with van der Waals surface area (Å²) in [7, 11) is 0. The summed E-state index contributed by atoms with van der Waals surface area (Å²) in [6.45, 7) is 0. The first kappa shape index (κ1) is 7.78. The van der Waals surface area contributed by atoms with E-state index >= 15 is 0 Å². The monoisotopic (exact) mass is 176 g/mol. The van der Waals surface area contributed by atoms with Crippen molar-refractivity contribution in [3.63, 3.8) is 0 Å². The van der Waals surface area contributed by atoms with Crippen molar-refractivity contribution in [3.05, 3.63) is 17.7 Å². The fraction of sp³-hybridized carbons (Fsp3) is 0.200. The molecule has 54 valence electrons. The van der Waals surface area contributed by atoms with Crippen LogP contribution in [0.4, 0.5) is 0 Å². The van der Waals surface area contributed by atoms with Crippen molar-refractivity contribution in [3.8, 4) is 0 Å². The third kappa shape index (κ3) is 1.83. The second kappa shape index (κ2) is 3.18. The van der Waals surface area contributed by atoms with E-state index in [-0.39, 0.29) is 5.28 Å². The lowest BCUT2D eigenvalue weighted by atomic mass is 10.7. The van der Waals surface area contributed by atoms with E-state index < -0.39 is 11.2 Å². The number of halogens is 1. The van der Waals surface area contributed by atoms with E-state index in [4.69, 9.17) is 11.6 Å². The molecule has 1 rings (SSSR count).